The normalized spacial score (nSPS) is 10.6. The number of methoxy groups -OCH3 is 1. The first-order valence-electron chi connectivity index (χ1n) is 6.88. The minimum atomic E-state index is -0.420. The number of ether oxygens (including phenoxy) is 2. The maximum atomic E-state index is 11.5. The Balaban J connectivity index is 2.43. The van der Waals surface area contributed by atoms with E-state index in [1.54, 1.807) is 12.1 Å². The van der Waals surface area contributed by atoms with Crippen LogP contribution in [0.4, 0.5) is 11.4 Å². The highest BCUT2D eigenvalue weighted by Gasteiger charge is 2.12. The zero-order valence-corrected chi connectivity index (χ0v) is 12.4. The first-order valence-corrected chi connectivity index (χ1v) is 6.88. The van der Waals surface area contributed by atoms with Crippen molar-refractivity contribution in [3.8, 4) is 0 Å². The third kappa shape index (κ3) is 5.09. The zero-order chi connectivity index (χ0) is 15.0. The summed E-state index contributed by atoms with van der Waals surface area (Å²) in [7, 11) is 1.34. The number of unbranched alkanes of at least 4 members (excludes halogenated alkanes) is 1. The Hall–Kier alpha value is -1.75. The second-order valence-electron chi connectivity index (χ2n) is 4.81. The van der Waals surface area contributed by atoms with E-state index >= 15 is 0 Å². The number of nitrogens with two attached hydrogens (primary N) is 1. The Morgan fingerprint density at radius 2 is 2.10 bits per heavy atom. The van der Waals surface area contributed by atoms with Gasteiger partial charge >= 0.3 is 5.97 Å². The molecule has 1 aromatic carbocycles. The molecule has 0 unspecified atom stereocenters. The number of carbonyl (C=O) groups is 1. The van der Waals surface area contributed by atoms with Crippen molar-refractivity contribution in [2.75, 3.05) is 31.3 Å². The van der Waals surface area contributed by atoms with Crippen LogP contribution in [-0.4, -0.2) is 32.3 Å². The van der Waals surface area contributed by atoms with E-state index in [-0.39, 0.29) is 6.10 Å². The van der Waals surface area contributed by atoms with Gasteiger partial charge in [0, 0.05) is 13.2 Å². The lowest BCUT2D eigenvalue weighted by Crippen LogP contribution is -2.11. The third-order valence-electron chi connectivity index (χ3n) is 2.85. The van der Waals surface area contributed by atoms with Gasteiger partial charge in [0.2, 0.25) is 0 Å². The number of nitrogens with one attached hydrogen (secondary N) is 1. The minimum absolute atomic E-state index is 0.273. The summed E-state index contributed by atoms with van der Waals surface area (Å²) in [5.41, 5.74) is 7.53. The van der Waals surface area contributed by atoms with Crippen LogP contribution < -0.4 is 11.1 Å². The molecule has 0 spiro atoms. The van der Waals surface area contributed by atoms with Gasteiger partial charge in [0.15, 0.2) is 0 Å². The molecule has 1 rings (SSSR count). The maximum Gasteiger partial charge on any atom is 0.340 e. The highest BCUT2D eigenvalue weighted by molar-refractivity contribution is 5.98. The van der Waals surface area contributed by atoms with Crippen molar-refractivity contribution in [3.05, 3.63) is 23.8 Å². The van der Waals surface area contributed by atoms with Gasteiger partial charge in [-0.25, -0.2) is 4.79 Å². The molecule has 0 aliphatic rings. The fourth-order valence-corrected chi connectivity index (χ4v) is 1.78. The van der Waals surface area contributed by atoms with Crippen molar-refractivity contribution in [1.82, 2.24) is 0 Å². The highest BCUT2D eigenvalue weighted by atomic mass is 16.5. The quantitative estimate of drug-likeness (QED) is 0.435. The van der Waals surface area contributed by atoms with E-state index in [4.69, 9.17) is 10.5 Å². The molecule has 5 nitrogen and oxygen atoms in total. The average molecular weight is 280 g/mol. The van der Waals surface area contributed by atoms with E-state index < -0.39 is 5.97 Å². The van der Waals surface area contributed by atoms with Crippen LogP contribution in [0.2, 0.25) is 0 Å². The lowest BCUT2D eigenvalue weighted by molar-refractivity contribution is 0.0602. The van der Waals surface area contributed by atoms with Crippen LogP contribution in [0.5, 0.6) is 0 Å². The number of anilines is 2. The monoisotopic (exact) mass is 280 g/mol. The van der Waals surface area contributed by atoms with Crippen molar-refractivity contribution in [1.29, 1.82) is 0 Å². The van der Waals surface area contributed by atoms with Crippen LogP contribution in [0.3, 0.4) is 0 Å². The first kappa shape index (κ1) is 16.3. The molecule has 1 aromatic rings. The van der Waals surface area contributed by atoms with E-state index in [0.29, 0.717) is 11.3 Å². The second kappa shape index (κ2) is 8.43. The maximum absolute atomic E-state index is 11.5. The van der Waals surface area contributed by atoms with Gasteiger partial charge in [-0.3, -0.25) is 0 Å². The summed E-state index contributed by atoms with van der Waals surface area (Å²) in [5, 5.41) is 3.23. The van der Waals surface area contributed by atoms with Crippen molar-refractivity contribution in [2.24, 2.45) is 0 Å². The first-order chi connectivity index (χ1) is 9.56. The van der Waals surface area contributed by atoms with E-state index in [0.717, 1.165) is 31.7 Å². The van der Waals surface area contributed by atoms with Gasteiger partial charge in [-0.05, 0) is 38.8 Å². The molecular weight excluding hydrogens is 256 g/mol. The number of esters is 1. The molecule has 3 N–H and O–H groups in total. The number of carbonyl (C=O) groups excluding carboxylic acids is 1. The fourth-order valence-electron chi connectivity index (χ4n) is 1.78. The molecule has 112 valence electrons. The minimum Gasteiger partial charge on any atom is -0.465 e. The van der Waals surface area contributed by atoms with Gasteiger partial charge in [0.05, 0.1) is 30.2 Å². The number of para-hydroxylation sites is 1. The Kier molecular flexibility index (Phi) is 6.87. The number of benzene rings is 1. The summed E-state index contributed by atoms with van der Waals surface area (Å²) in [5.74, 6) is -0.420. The third-order valence-corrected chi connectivity index (χ3v) is 2.85. The van der Waals surface area contributed by atoms with Crippen molar-refractivity contribution >= 4 is 17.3 Å². The Morgan fingerprint density at radius 3 is 2.75 bits per heavy atom. The van der Waals surface area contributed by atoms with Gasteiger partial charge in [0.25, 0.3) is 0 Å². The fraction of sp³-hybridized carbons (Fsp3) is 0.533. The lowest BCUT2D eigenvalue weighted by Gasteiger charge is -2.12. The summed E-state index contributed by atoms with van der Waals surface area (Å²) < 4.78 is 10.2. The topological polar surface area (TPSA) is 73.6 Å². The smallest absolute Gasteiger partial charge is 0.340 e. The van der Waals surface area contributed by atoms with Gasteiger partial charge in [0.1, 0.15) is 0 Å². The molecule has 0 aliphatic carbocycles. The molecule has 0 fully saturated rings. The van der Waals surface area contributed by atoms with E-state index in [1.165, 1.54) is 7.11 Å². The summed E-state index contributed by atoms with van der Waals surface area (Å²) >= 11 is 0. The van der Waals surface area contributed by atoms with Crippen LogP contribution in [0, 0.1) is 0 Å². The molecule has 5 heteroatoms. The summed E-state index contributed by atoms with van der Waals surface area (Å²) in [4.78, 5) is 11.5. The zero-order valence-electron chi connectivity index (χ0n) is 12.4. The summed E-state index contributed by atoms with van der Waals surface area (Å²) in [6.07, 6.45) is 2.24. The molecular formula is C15H24N2O3. The standard InChI is InChI=1S/C15H24N2O3/c1-11(2)20-10-5-4-9-17-13-8-6-7-12(14(13)16)15(18)19-3/h6-8,11,17H,4-5,9-10,16H2,1-3H3. The van der Waals surface area contributed by atoms with Crippen LogP contribution in [0.25, 0.3) is 0 Å². The molecule has 0 aliphatic heterocycles. The molecule has 0 saturated heterocycles. The molecule has 0 amide bonds. The Bertz CT molecular complexity index is 433. The van der Waals surface area contributed by atoms with Gasteiger partial charge < -0.3 is 20.5 Å². The van der Waals surface area contributed by atoms with Gasteiger partial charge in [-0.1, -0.05) is 6.07 Å². The summed E-state index contributed by atoms with van der Waals surface area (Å²) in [6.45, 7) is 5.60. The summed E-state index contributed by atoms with van der Waals surface area (Å²) in [6, 6.07) is 5.29. The van der Waals surface area contributed by atoms with E-state index in [2.05, 4.69) is 10.1 Å². The average Bonchev–Trinajstić information content (AvgIpc) is 2.43. The predicted octanol–water partition coefficient (Wildman–Crippen LogP) is 2.67. The van der Waals surface area contributed by atoms with Crippen molar-refractivity contribution in [3.63, 3.8) is 0 Å². The Labute approximate surface area is 120 Å². The molecule has 0 saturated carbocycles. The molecule has 0 bridgehead atoms. The lowest BCUT2D eigenvalue weighted by atomic mass is 10.1. The molecule has 0 heterocycles. The SMILES string of the molecule is COC(=O)c1cccc(NCCCCOC(C)C)c1N. The van der Waals surface area contributed by atoms with Gasteiger partial charge in [-0.2, -0.15) is 0 Å². The molecule has 0 radical (unpaired) electrons. The van der Waals surface area contributed by atoms with E-state index in [9.17, 15) is 4.79 Å². The van der Waals surface area contributed by atoms with E-state index in [1.807, 2.05) is 19.9 Å². The number of rotatable bonds is 8. The molecule has 0 aromatic heterocycles. The number of hydrogen-bond acceptors (Lipinski definition) is 5. The second-order valence-corrected chi connectivity index (χ2v) is 4.81. The highest BCUT2D eigenvalue weighted by Crippen LogP contribution is 2.23. The van der Waals surface area contributed by atoms with Crippen LogP contribution in [-0.2, 0) is 9.47 Å². The van der Waals surface area contributed by atoms with Gasteiger partial charge in [-0.15, -0.1) is 0 Å². The molecule has 20 heavy (non-hydrogen) atoms. The predicted molar refractivity (Wildman–Crippen MR) is 81.0 cm³/mol. The van der Waals surface area contributed by atoms with Crippen molar-refractivity contribution in [2.45, 2.75) is 32.8 Å². The largest absolute Gasteiger partial charge is 0.465 e. The van der Waals surface area contributed by atoms with Crippen LogP contribution in [0.1, 0.15) is 37.0 Å². The number of hydrogen-bond donors (Lipinski definition) is 2. The van der Waals surface area contributed by atoms with Crippen LogP contribution >= 0.6 is 0 Å². The Morgan fingerprint density at radius 1 is 1.35 bits per heavy atom. The molecule has 0 atom stereocenters. The van der Waals surface area contributed by atoms with Crippen LogP contribution in [0.15, 0.2) is 18.2 Å². The number of nitrogen functional groups attached to an aromatic ring is 1. The van der Waals surface area contributed by atoms with Crippen molar-refractivity contribution < 1.29 is 14.3 Å².